The molecule has 1 aromatic heterocycles. The minimum Gasteiger partial charge on any atom is -0.379 e. The average molecular weight is 439 g/mol. The van der Waals surface area contributed by atoms with Gasteiger partial charge in [-0.15, -0.1) is 0 Å². The van der Waals surface area contributed by atoms with Gasteiger partial charge in [0.25, 0.3) is 5.91 Å². The van der Waals surface area contributed by atoms with E-state index in [1.165, 1.54) is 5.56 Å². The van der Waals surface area contributed by atoms with Crippen molar-refractivity contribution in [2.24, 2.45) is 0 Å². The largest absolute Gasteiger partial charge is 0.379 e. The van der Waals surface area contributed by atoms with Crippen LogP contribution in [-0.4, -0.2) is 41.0 Å². The molecule has 33 heavy (non-hydrogen) atoms. The van der Waals surface area contributed by atoms with Crippen molar-refractivity contribution in [3.05, 3.63) is 90.3 Å². The van der Waals surface area contributed by atoms with Crippen LogP contribution in [0.1, 0.15) is 30.9 Å². The molecule has 2 aliphatic rings. The maximum absolute atomic E-state index is 13.4. The molecule has 1 amide bonds. The second-order valence-corrected chi connectivity index (χ2v) is 9.02. The van der Waals surface area contributed by atoms with Crippen molar-refractivity contribution in [3.63, 3.8) is 0 Å². The lowest BCUT2D eigenvalue weighted by atomic mass is 9.92. The molecule has 2 N–H and O–H groups in total. The summed E-state index contributed by atoms with van der Waals surface area (Å²) in [4.78, 5) is 20.1. The van der Waals surface area contributed by atoms with Crippen LogP contribution in [0.4, 0.5) is 5.69 Å². The van der Waals surface area contributed by atoms with E-state index in [1.807, 2.05) is 24.4 Å². The van der Waals surface area contributed by atoms with Crippen LogP contribution in [-0.2, 0) is 11.3 Å². The molecule has 5 rings (SSSR count). The van der Waals surface area contributed by atoms with Gasteiger partial charge in [0.05, 0.1) is 0 Å². The first kappa shape index (κ1) is 21.4. The van der Waals surface area contributed by atoms with E-state index in [0.717, 1.165) is 60.4 Å². The highest BCUT2D eigenvalue weighted by Crippen LogP contribution is 2.34. The third-order valence-electron chi connectivity index (χ3n) is 6.52. The molecule has 0 aliphatic carbocycles. The Hall–Kier alpha value is -3.44. The second-order valence-electron chi connectivity index (χ2n) is 9.02. The number of nitrogens with one attached hydrogen (secondary N) is 2. The summed E-state index contributed by atoms with van der Waals surface area (Å²) in [6.07, 6.45) is 7.61. The van der Waals surface area contributed by atoms with Gasteiger partial charge in [-0.1, -0.05) is 42.5 Å². The van der Waals surface area contributed by atoms with E-state index in [9.17, 15) is 4.79 Å². The van der Waals surface area contributed by atoms with E-state index in [1.54, 1.807) is 6.20 Å². The molecule has 0 bridgehead atoms. The maximum Gasteiger partial charge on any atom is 0.251 e. The highest BCUT2D eigenvalue weighted by atomic mass is 16.1. The topological polar surface area (TPSA) is 57.3 Å². The van der Waals surface area contributed by atoms with Crippen molar-refractivity contribution >= 4 is 17.2 Å². The van der Waals surface area contributed by atoms with Crippen molar-refractivity contribution in [2.45, 2.75) is 38.4 Å². The summed E-state index contributed by atoms with van der Waals surface area (Å²) in [6, 6.07) is 21.1. The van der Waals surface area contributed by atoms with Gasteiger partial charge < -0.3 is 10.6 Å². The highest BCUT2D eigenvalue weighted by Gasteiger charge is 2.26. The van der Waals surface area contributed by atoms with Crippen LogP contribution in [0.3, 0.4) is 0 Å². The van der Waals surface area contributed by atoms with Crippen molar-refractivity contribution in [1.82, 2.24) is 15.2 Å². The number of piperidine rings is 1. The van der Waals surface area contributed by atoms with E-state index in [2.05, 4.69) is 76.0 Å². The second kappa shape index (κ2) is 9.59. The molecular weight excluding hydrogens is 408 g/mol. The Kier molecular flexibility index (Phi) is 6.22. The molecule has 2 aliphatic heterocycles. The van der Waals surface area contributed by atoms with Crippen LogP contribution < -0.4 is 10.6 Å². The summed E-state index contributed by atoms with van der Waals surface area (Å²) < 4.78 is 0. The van der Waals surface area contributed by atoms with Crippen LogP contribution in [0.25, 0.3) is 16.7 Å². The van der Waals surface area contributed by atoms with E-state index in [4.69, 9.17) is 0 Å². The number of aromatic nitrogens is 1. The predicted molar refractivity (Wildman–Crippen MR) is 134 cm³/mol. The summed E-state index contributed by atoms with van der Waals surface area (Å²) in [6.45, 7) is 5.05. The van der Waals surface area contributed by atoms with E-state index in [0.29, 0.717) is 0 Å². The van der Waals surface area contributed by atoms with Crippen molar-refractivity contribution in [2.75, 3.05) is 18.4 Å². The average Bonchev–Trinajstić information content (AvgIpc) is 2.85. The fourth-order valence-corrected chi connectivity index (χ4v) is 4.77. The maximum atomic E-state index is 13.4. The number of carbonyl (C=O) groups is 1. The van der Waals surface area contributed by atoms with Gasteiger partial charge in [0.1, 0.15) is 0 Å². The smallest absolute Gasteiger partial charge is 0.251 e. The molecule has 3 heterocycles. The van der Waals surface area contributed by atoms with Crippen molar-refractivity contribution in [3.8, 4) is 11.1 Å². The van der Waals surface area contributed by atoms with Crippen LogP contribution in [0.2, 0.25) is 0 Å². The Balaban J connectivity index is 1.26. The zero-order chi connectivity index (χ0) is 22.6. The predicted octanol–water partition coefficient (Wildman–Crippen LogP) is 4.73. The quantitative estimate of drug-likeness (QED) is 0.605. The zero-order valence-corrected chi connectivity index (χ0v) is 19.0. The molecule has 2 aromatic carbocycles. The molecule has 1 atom stereocenters. The standard InChI is InChI=1S/C28H30N4O/c1-20-16-26(25-17-22(9-10-27(25)30-20)23-8-5-13-29-18-23)28(33)31-24-11-14-32(15-12-24)19-21-6-3-2-4-7-21/h2-10,13,16-18,20,24,30H,11-12,14-15,19H2,1H3,(H,31,33). The third kappa shape index (κ3) is 4.99. The van der Waals surface area contributed by atoms with Gasteiger partial charge in [-0.2, -0.15) is 0 Å². The molecule has 0 spiro atoms. The number of anilines is 1. The number of hydrogen-bond donors (Lipinski definition) is 2. The fraction of sp³-hybridized carbons (Fsp3) is 0.286. The number of hydrogen-bond acceptors (Lipinski definition) is 4. The molecule has 1 saturated heterocycles. The Morgan fingerprint density at radius 1 is 1.06 bits per heavy atom. The van der Waals surface area contributed by atoms with E-state index in [-0.39, 0.29) is 18.0 Å². The molecule has 0 radical (unpaired) electrons. The van der Waals surface area contributed by atoms with Gasteiger partial charge in [0.15, 0.2) is 0 Å². The summed E-state index contributed by atoms with van der Waals surface area (Å²) in [5.74, 6) is 0.0226. The SMILES string of the molecule is CC1C=C(C(=O)NC2CCN(Cc3ccccc3)CC2)c2cc(-c3cccnc3)ccc2N1. The number of nitrogens with zero attached hydrogens (tertiary/aromatic N) is 2. The third-order valence-corrected chi connectivity index (χ3v) is 6.52. The number of pyridine rings is 1. The van der Waals surface area contributed by atoms with Gasteiger partial charge in [0.2, 0.25) is 0 Å². The first-order chi connectivity index (χ1) is 16.2. The lowest BCUT2D eigenvalue weighted by molar-refractivity contribution is -0.116. The Bertz CT molecular complexity index is 1140. The number of amides is 1. The monoisotopic (exact) mass is 438 g/mol. The highest BCUT2D eigenvalue weighted by molar-refractivity contribution is 6.22. The van der Waals surface area contributed by atoms with Crippen LogP contribution in [0.15, 0.2) is 79.1 Å². The fourth-order valence-electron chi connectivity index (χ4n) is 4.77. The minimum atomic E-state index is 0.0226. The normalized spacial score (nSPS) is 18.7. The molecular formula is C28H30N4O. The van der Waals surface area contributed by atoms with Gasteiger partial charge in [-0.25, -0.2) is 0 Å². The number of benzene rings is 2. The number of likely N-dealkylation sites (tertiary alicyclic amines) is 1. The molecule has 168 valence electrons. The molecule has 1 unspecified atom stereocenters. The summed E-state index contributed by atoms with van der Waals surface area (Å²) in [5.41, 5.74) is 6.16. The van der Waals surface area contributed by atoms with E-state index >= 15 is 0 Å². The summed E-state index contributed by atoms with van der Waals surface area (Å²) in [7, 11) is 0. The minimum absolute atomic E-state index is 0.0226. The Labute approximate surface area is 195 Å². The lowest BCUT2D eigenvalue weighted by Crippen LogP contribution is -2.44. The molecule has 5 nitrogen and oxygen atoms in total. The number of rotatable bonds is 5. The Morgan fingerprint density at radius 2 is 1.88 bits per heavy atom. The zero-order valence-electron chi connectivity index (χ0n) is 19.0. The van der Waals surface area contributed by atoms with Crippen LogP contribution in [0.5, 0.6) is 0 Å². The Morgan fingerprint density at radius 3 is 2.64 bits per heavy atom. The molecule has 1 fully saturated rings. The first-order valence-electron chi connectivity index (χ1n) is 11.8. The molecule has 0 saturated carbocycles. The molecule has 5 heteroatoms. The van der Waals surface area contributed by atoms with Gasteiger partial charge in [0, 0.05) is 66.5 Å². The van der Waals surface area contributed by atoms with Gasteiger partial charge in [-0.3, -0.25) is 14.7 Å². The van der Waals surface area contributed by atoms with Crippen LogP contribution in [0, 0.1) is 0 Å². The summed E-state index contributed by atoms with van der Waals surface area (Å²) in [5, 5.41) is 6.80. The summed E-state index contributed by atoms with van der Waals surface area (Å²) >= 11 is 0. The number of carbonyl (C=O) groups excluding carboxylic acids is 1. The van der Waals surface area contributed by atoms with Crippen molar-refractivity contribution < 1.29 is 4.79 Å². The van der Waals surface area contributed by atoms with Crippen molar-refractivity contribution in [1.29, 1.82) is 0 Å². The van der Waals surface area contributed by atoms with Crippen LogP contribution >= 0.6 is 0 Å². The first-order valence-corrected chi connectivity index (χ1v) is 11.8. The lowest BCUT2D eigenvalue weighted by Gasteiger charge is -2.33. The number of fused-ring (bicyclic) bond motifs is 1. The molecule has 3 aromatic rings. The van der Waals surface area contributed by atoms with Gasteiger partial charge in [-0.05, 0) is 55.2 Å². The van der Waals surface area contributed by atoms with E-state index < -0.39 is 0 Å². The van der Waals surface area contributed by atoms with Gasteiger partial charge >= 0.3 is 0 Å².